The molecular weight excluding hydrogens is 244 g/mol. The molecule has 0 saturated carbocycles. The summed E-state index contributed by atoms with van der Waals surface area (Å²) >= 11 is 0. The average Bonchev–Trinajstić information content (AvgIpc) is 2.83. The number of nitrogens with one attached hydrogen (secondary N) is 1. The van der Waals surface area contributed by atoms with Crippen LogP contribution in [0, 0.1) is 0 Å². The zero-order valence-electron chi connectivity index (χ0n) is 11.3. The second kappa shape index (κ2) is 6.16. The summed E-state index contributed by atoms with van der Waals surface area (Å²) < 4.78 is 1.83. The van der Waals surface area contributed by atoms with Crippen LogP contribution in [-0.4, -0.2) is 33.4 Å². The summed E-state index contributed by atoms with van der Waals surface area (Å²) in [4.78, 5) is 11.9. The van der Waals surface area contributed by atoms with Crippen molar-refractivity contribution < 1.29 is 9.90 Å². The van der Waals surface area contributed by atoms with Crippen molar-refractivity contribution in [3.63, 3.8) is 0 Å². The molecule has 6 heteroatoms. The molecule has 0 fully saturated rings. The molecule has 106 valence electrons. The van der Waals surface area contributed by atoms with Gasteiger partial charge in [0.1, 0.15) is 0 Å². The van der Waals surface area contributed by atoms with Crippen molar-refractivity contribution in [1.82, 2.24) is 15.1 Å². The number of aliphatic hydroxyl groups excluding tert-OH is 1. The van der Waals surface area contributed by atoms with E-state index in [4.69, 9.17) is 10.8 Å². The summed E-state index contributed by atoms with van der Waals surface area (Å²) in [7, 11) is 0. The van der Waals surface area contributed by atoms with Crippen molar-refractivity contribution in [2.45, 2.75) is 51.2 Å². The number of aromatic nitrogens is 2. The summed E-state index contributed by atoms with van der Waals surface area (Å²) in [5, 5.41) is 16.3. The van der Waals surface area contributed by atoms with Crippen LogP contribution in [0.15, 0.2) is 6.20 Å². The minimum Gasteiger partial charge on any atom is -0.394 e. The Hall–Kier alpha value is -1.40. The van der Waals surface area contributed by atoms with E-state index in [1.54, 1.807) is 6.20 Å². The molecule has 19 heavy (non-hydrogen) atoms. The Morgan fingerprint density at radius 1 is 1.74 bits per heavy atom. The van der Waals surface area contributed by atoms with Crippen LogP contribution in [0.25, 0.3) is 0 Å². The van der Waals surface area contributed by atoms with E-state index in [9.17, 15) is 4.79 Å². The van der Waals surface area contributed by atoms with Gasteiger partial charge < -0.3 is 16.2 Å². The Balaban J connectivity index is 2.12. The van der Waals surface area contributed by atoms with E-state index >= 15 is 0 Å². The lowest BCUT2D eigenvalue weighted by molar-refractivity contribution is -0.123. The lowest BCUT2D eigenvalue weighted by Gasteiger charge is -2.25. The molecule has 2 atom stereocenters. The molecule has 6 nitrogen and oxygen atoms in total. The predicted octanol–water partition coefficient (Wildman–Crippen LogP) is 0.106. The van der Waals surface area contributed by atoms with Gasteiger partial charge in [0.25, 0.3) is 0 Å². The molecule has 1 aromatic heterocycles. The Labute approximate surface area is 113 Å². The molecular formula is C13H22N4O2. The molecule has 0 aromatic carbocycles. The van der Waals surface area contributed by atoms with E-state index in [1.165, 1.54) is 0 Å². The van der Waals surface area contributed by atoms with Crippen molar-refractivity contribution in [3.8, 4) is 0 Å². The largest absolute Gasteiger partial charge is 0.394 e. The molecule has 1 aliphatic carbocycles. The van der Waals surface area contributed by atoms with Gasteiger partial charge in [-0.1, -0.05) is 6.92 Å². The number of nitrogens with two attached hydrogens (primary N) is 1. The number of nitrogens with zero attached hydrogens (tertiary/aromatic N) is 2. The maximum absolute atomic E-state index is 11.9. The molecule has 1 amide bonds. The summed E-state index contributed by atoms with van der Waals surface area (Å²) in [5.74, 6) is -0.102. The zero-order valence-corrected chi connectivity index (χ0v) is 11.3. The Kier molecular flexibility index (Phi) is 4.55. The predicted molar refractivity (Wildman–Crippen MR) is 71.4 cm³/mol. The Morgan fingerprint density at radius 3 is 3.21 bits per heavy atom. The van der Waals surface area contributed by atoms with Gasteiger partial charge in [-0.05, 0) is 25.7 Å². The van der Waals surface area contributed by atoms with Crippen molar-refractivity contribution in [2.75, 3.05) is 6.61 Å². The number of aliphatic hydroxyl groups is 1. The topological polar surface area (TPSA) is 93.2 Å². The Morgan fingerprint density at radius 2 is 2.53 bits per heavy atom. The zero-order chi connectivity index (χ0) is 13.8. The fourth-order valence-corrected chi connectivity index (χ4v) is 2.52. The van der Waals surface area contributed by atoms with Crippen molar-refractivity contribution in [2.24, 2.45) is 5.73 Å². The number of fused-ring (bicyclic) bond motifs is 1. The Bertz CT molecular complexity index is 444. The average molecular weight is 266 g/mol. The van der Waals surface area contributed by atoms with Gasteiger partial charge in [-0.15, -0.1) is 0 Å². The fraction of sp³-hybridized carbons (Fsp3) is 0.692. The van der Waals surface area contributed by atoms with E-state index < -0.39 is 6.04 Å². The molecule has 0 bridgehead atoms. The van der Waals surface area contributed by atoms with Gasteiger partial charge in [-0.2, -0.15) is 5.10 Å². The molecule has 0 spiro atoms. The highest BCUT2D eigenvalue weighted by molar-refractivity contribution is 5.81. The standard InChI is InChI=1S/C13H22N4O2/c1-2-10(14)13(19)16-11-4-3-5-12-9(11)8-15-17(12)6-7-18/h8,10-11,18H,2-7,14H2,1H3,(H,16,19)/t10-,11?/m1/s1. The third-order valence-electron chi connectivity index (χ3n) is 3.67. The third kappa shape index (κ3) is 2.96. The van der Waals surface area contributed by atoms with Crippen LogP contribution in [-0.2, 0) is 17.8 Å². The van der Waals surface area contributed by atoms with Crippen LogP contribution in [0.4, 0.5) is 0 Å². The van der Waals surface area contributed by atoms with Crippen LogP contribution in [0.2, 0.25) is 0 Å². The van der Waals surface area contributed by atoms with Gasteiger partial charge in [0.2, 0.25) is 5.91 Å². The number of carbonyl (C=O) groups is 1. The van der Waals surface area contributed by atoms with E-state index in [0.717, 1.165) is 30.5 Å². The number of rotatable bonds is 5. The molecule has 1 unspecified atom stereocenters. The second-order valence-corrected chi connectivity index (χ2v) is 4.96. The first-order valence-electron chi connectivity index (χ1n) is 6.88. The van der Waals surface area contributed by atoms with E-state index in [1.807, 2.05) is 11.6 Å². The van der Waals surface area contributed by atoms with E-state index in [2.05, 4.69) is 10.4 Å². The van der Waals surface area contributed by atoms with Crippen molar-refractivity contribution in [3.05, 3.63) is 17.5 Å². The first-order valence-corrected chi connectivity index (χ1v) is 6.88. The summed E-state index contributed by atoms with van der Waals surface area (Å²) in [6.45, 7) is 2.48. The van der Waals surface area contributed by atoms with Gasteiger partial charge in [-0.25, -0.2) is 0 Å². The molecule has 0 saturated heterocycles. The monoisotopic (exact) mass is 266 g/mol. The van der Waals surface area contributed by atoms with E-state index in [-0.39, 0.29) is 18.6 Å². The first kappa shape index (κ1) is 14.0. The van der Waals surface area contributed by atoms with Crippen molar-refractivity contribution >= 4 is 5.91 Å². The first-order chi connectivity index (χ1) is 9.17. The molecule has 1 aliphatic rings. The maximum Gasteiger partial charge on any atom is 0.237 e. The molecule has 1 aromatic rings. The van der Waals surface area contributed by atoms with Gasteiger partial charge in [0.15, 0.2) is 0 Å². The number of hydrogen-bond donors (Lipinski definition) is 3. The number of hydrogen-bond acceptors (Lipinski definition) is 4. The van der Waals surface area contributed by atoms with Gasteiger partial charge >= 0.3 is 0 Å². The van der Waals surface area contributed by atoms with Crippen LogP contribution >= 0.6 is 0 Å². The minimum absolute atomic E-state index is 0.00120. The number of amides is 1. The summed E-state index contributed by atoms with van der Waals surface area (Å²) in [6, 6.07) is -0.445. The molecule has 1 heterocycles. The SMILES string of the molecule is CC[C@@H](N)C(=O)NC1CCCc2c1cnn2CCO. The molecule has 4 N–H and O–H groups in total. The highest BCUT2D eigenvalue weighted by Gasteiger charge is 2.26. The normalized spacial score (nSPS) is 19.8. The maximum atomic E-state index is 11.9. The highest BCUT2D eigenvalue weighted by Crippen LogP contribution is 2.29. The van der Waals surface area contributed by atoms with Gasteiger partial charge in [-0.3, -0.25) is 9.48 Å². The second-order valence-electron chi connectivity index (χ2n) is 4.96. The van der Waals surface area contributed by atoms with Crippen LogP contribution in [0.3, 0.4) is 0 Å². The summed E-state index contributed by atoms with van der Waals surface area (Å²) in [6.07, 6.45) is 5.31. The molecule has 0 radical (unpaired) electrons. The van der Waals surface area contributed by atoms with Crippen molar-refractivity contribution in [1.29, 1.82) is 0 Å². The highest BCUT2D eigenvalue weighted by atomic mass is 16.3. The molecule has 2 rings (SSSR count). The summed E-state index contributed by atoms with van der Waals surface area (Å²) in [5.41, 5.74) is 7.93. The minimum atomic E-state index is -0.446. The quantitative estimate of drug-likeness (QED) is 0.705. The van der Waals surface area contributed by atoms with E-state index in [0.29, 0.717) is 13.0 Å². The van der Waals surface area contributed by atoms with Crippen LogP contribution in [0.5, 0.6) is 0 Å². The van der Waals surface area contributed by atoms with Crippen LogP contribution < -0.4 is 11.1 Å². The third-order valence-corrected chi connectivity index (χ3v) is 3.67. The van der Waals surface area contributed by atoms with Gasteiger partial charge in [0.05, 0.1) is 31.4 Å². The van der Waals surface area contributed by atoms with Crippen LogP contribution in [0.1, 0.15) is 43.5 Å². The fourth-order valence-electron chi connectivity index (χ4n) is 2.52. The number of carbonyl (C=O) groups excluding carboxylic acids is 1. The lowest BCUT2D eigenvalue weighted by Crippen LogP contribution is -2.42. The lowest BCUT2D eigenvalue weighted by atomic mass is 9.92. The smallest absolute Gasteiger partial charge is 0.237 e. The molecule has 0 aliphatic heterocycles. The van der Waals surface area contributed by atoms with Gasteiger partial charge in [0, 0.05) is 11.3 Å².